The molecule has 14 nitrogen and oxygen atoms in total. The molecule has 0 atom stereocenters. The fourth-order valence-corrected chi connectivity index (χ4v) is 5.58. The number of nitrogens with one attached hydrogen (secondary N) is 1. The molecule has 272 valence electrons. The summed E-state index contributed by atoms with van der Waals surface area (Å²) < 4.78 is 29.9. The smallest absolute Gasteiger partial charge is 0.274 e. The predicted octanol–water partition coefficient (Wildman–Crippen LogP) is 6.47. The minimum atomic E-state index is -0.394. The van der Waals surface area contributed by atoms with E-state index in [1.165, 1.54) is 12.4 Å². The molecule has 0 aliphatic heterocycles. The number of nitrogens with zero attached hydrogens (tertiary/aromatic N) is 6. The zero-order valence-corrected chi connectivity index (χ0v) is 30.2. The average molecular weight is 718 g/mol. The van der Waals surface area contributed by atoms with Gasteiger partial charge in [0.15, 0.2) is 0 Å². The van der Waals surface area contributed by atoms with Crippen LogP contribution in [0.25, 0.3) is 10.9 Å². The predicted molar refractivity (Wildman–Crippen MR) is 197 cm³/mol. The molecule has 3 aromatic carbocycles. The van der Waals surface area contributed by atoms with Crippen molar-refractivity contribution >= 4 is 28.5 Å². The van der Waals surface area contributed by atoms with Gasteiger partial charge in [-0.1, -0.05) is 6.07 Å². The second kappa shape index (κ2) is 16.1. The topological polar surface area (TPSA) is 152 Å². The number of rotatable bonds is 14. The second-order valence-corrected chi connectivity index (χ2v) is 11.9. The lowest BCUT2D eigenvalue weighted by atomic mass is 10.1. The van der Waals surface area contributed by atoms with Gasteiger partial charge in [0, 0.05) is 47.8 Å². The molecule has 3 aromatic heterocycles. The molecule has 0 saturated heterocycles. The number of pyridine rings is 1. The van der Waals surface area contributed by atoms with Gasteiger partial charge in [0.05, 0.1) is 64.8 Å². The van der Waals surface area contributed by atoms with E-state index in [-0.39, 0.29) is 30.6 Å². The van der Waals surface area contributed by atoms with Gasteiger partial charge < -0.3 is 33.9 Å². The summed E-state index contributed by atoms with van der Waals surface area (Å²) in [7, 11) is 6.27. The molecule has 6 rings (SSSR count). The minimum absolute atomic E-state index is 0.0833. The molecule has 3 heterocycles. The molecule has 0 bridgehead atoms. The highest BCUT2D eigenvalue weighted by molar-refractivity contribution is 6.06. The fourth-order valence-electron chi connectivity index (χ4n) is 5.58. The summed E-state index contributed by atoms with van der Waals surface area (Å²) >= 11 is 0. The summed E-state index contributed by atoms with van der Waals surface area (Å²) in [5.74, 6) is 2.46. The molecular weight excluding hydrogens is 678 g/mol. The zero-order chi connectivity index (χ0) is 37.5. The zero-order valence-electron chi connectivity index (χ0n) is 30.2. The number of hydrogen-bond donors (Lipinski definition) is 1. The van der Waals surface area contributed by atoms with E-state index >= 15 is 0 Å². The van der Waals surface area contributed by atoms with Crippen molar-refractivity contribution in [2.24, 2.45) is 0 Å². The van der Waals surface area contributed by atoms with Gasteiger partial charge in [0.1, 0.15) is 40.3 Å². The van der Waals surface area contributed by atoms with Crippen molar-refractivity contribution in [2.75, 3.05) is 33.8 Å². The molecule has 53 heavy (non-hydrogen) atoms. The van der Waals surface area contributed by atoms with E-state index in [1.807, 2.05) is 38.2 Å². The van der Waals surface area contributed by atoms with Crippen LogP contribution in [0.4, 0.5) is 5.82 Å². The van der Waals surface area contributed by atoms with Gasteiger partial charge in [-0.3, -0.25) is 14.3 Å². The van der Waals surface area contributed by atoms with Crippen LogP contribution < -0.4 is 29.0 Å². The number of hydrogen-bond acceptors (Lipinski definition) is 11. The van der Waals surface area contributed by atoms with E-state index in [4.69, 9.17) is 23.7 Å². The van der Waals surface area contributed by atoms with Crippen molar-refractivity contribution < 1.29 is 33.3 Å². The van der Waals surface area contributed by atoms with E-state index < -0.39 is 5.91 Å². The maximum atomic E-state index is 14.2. The van der Waals surface area contributed by atoms with Gasteiger partial charge in [-0.25, -0.2) is 15.0 Å². The molecule has 14 heteroatoms. The summed E-state index contributed by atoms with van der Waals surface area (Å²) in [6, 6.07) is 17.7. The first kappa shape index (κ1) is 36.1. The molecule has 0 unspecified atom stereocenters. The third-order valence-electron chi connectivity index (χ3n) is 8.43. The van der Waals surface area contributed by atoms with Crippen LogP contribution in [0.15, 0.2) is 85.5 Å². The highest BCUT2D eigenvalue weighted by Crippen LogP contribution is 2.32. The molecule has 6 aromatic rings. The number of ether oxygens (including phenoxy) is 5. The number of amides is 2. The Morgan fingerprint density at radius 1 is 0.755 bits per heavy atom. The first-order valence-corrected chi connectivity index (χ1v) is 16.7. The van der Waals surface area contributed by atoms with Crippen LogP contribution in [-0.2, 0) is 19.6 Å². The molecule has 1 N–H and O–H groups in total. The number of carbonyl (C=O) groups is 2. The third kappa shape index (κ3) is 8.28. The number of carbonyl (C=O) groups excluding carboxylic acids is 2. The highest BCUT2D eigenvalue weighted by atomic mass is 16.5. The molecule has 0 radical (unpaired) electrons. The Morgan fingerprint density at radius 3 is 1.98 bits per heavy atom. The largest absolute Gasteiger partial charge is 0.497 e. The molecule has 0 saturated carbocycles. The fraction of sp³-hybridized carbons (Fsp3) is 0.231. The molecular formula is C39H39N7O7. The molecule has 0 spiro atoms. The van der Waals surface area contributed by atoms with Crippen LogP contribution in [0, 0.1) is 6.92 Å². The Morgan fingerprint density at radius 2 is 1.43 bits per heavy atom. The Bertz CT molecular complexity index is 2180. The van der Waals surface area contributed by atoms with Gasteiger partial charge in [0.2, 0.25) is 5.88 Å². The van der Waals surface area contributed by atoms with E-state index in [1.54, 1.807) is 86.7 Å². The van der Waals surface area contributed by atoms with Crippen molar-refractivity contribution in [3.63, 3.8) is 0 Å². The lowest BCUT2D eigenvalue weighted by Gasteiger charge is -2.25. The lowest BCUT2D eigenvalue weighted by Crippen LogP contribution is -2.31. The van der Waals surface area contributed by atoms with E-state index in [2.05, 4.69) is 25.4 Å². The first-order valence-electron chi connectivity index (χ1n) is 16.7. The van der Waals surface area contributed by atoms with Crippen molar-refractivity contribution in [1.82, 2.24) is 29.6 Å². The van der Waals surface area contributed by atoms with E-state index in [0.717, 1.165) is 16.7 Å². The van der Waals surface area contributed by atoms with Gasteiger partial charge in [0.25, 0.3) is 11.8 Å². The van der Waals surface area contributed by atoms with Crippen LogP contribution in [0.5, 0.6) is 34.6 Å². The summed E-state index contributed by atoms with van der Waals surface area (Å²) in [5.41, 5.74) is 3.43. The van der Waals surface area contributed by atoms with Crippen LogP contribution in [-0.4, -0.2) is 69.9 Å². The van der Waals surface area contributed by atoms with Crippen LogP contribution in [0.2, 0.25) is 0 Å². The maximum Gasteiger partial charge on any atom is 0.274 e. The quantitative estimate of drug-likeness (QED) is 0.132. The molecule has 0 aliphatic rings. The number of methoxy groups -OCH3 is 4. The lowest BCUT2D eigenvalue weighted by molar-refractivity contribution is 0.0721. The van der Waals surface area contributed by atoms with Gasteiger partial charge in [-0.2, -0.15) is 5.10 Å². The molecule has 0 fully saturated rings. The van der Waals surface area contributed by atoms with Crippen LogP contribution in [0.3, 0.4) is 0 Å². The van der Waals surface area contributed by atoms with E-state index in [0.29, 0.717) is 57.6 Å². The monoisotopic (exact) mass is 717 g/mol. The standard InChI is InChI=1S/C39H39N7O7/c1-7-46-23-30-31(44-46)14-27(38(47)43-36-13-8-24(2)18-41-36)15-35(30)53-37-20-40-32(19-42-37)39(48)45(21-25-9-11-28(49-3)16-33(25)51-5)22-26-10-12-29(50-4)17-34(26)52-6/h8-20,23H,7,21-22H2,1-6H3,(H,41,43,47). The number of benzene rings is 3. The van der Waals surface area contributed by atoms with Gasteiger partial charge in [-0.15, -0.1) is 0 Å². The SMILES string of the molecule is CCn1cc2c(Oc3cnc(C(=O)N(Cc4ccc(OC)cc4OC)Cc4ccc(OC)cc4OC)cn3)cc(C(=O)Nc3ccc(C)cn3)cc2n1. The van der Waals surface area contributed by atoms with E-state index in [9.17, 15) is 9.59 Å². The Kier molecular flexibility index (Phi) is 11.0. The number of aryl methyl sites for hydroxylation is 2. The normalized spacial score (nSPS) is 10.8. The number of fused-ring (bicyclic) bond motifs is 1. The summed E-state index contributed by atoms with van der Waals surface area (Å²) in [6.45, 7) is 4.84. The number of aromatic nitrogens is 5. The minimum Gasteiger partial charge on any atom is -0.497 e. The summed E-state index contributed by atoms with van der Waals surface area (Å²) in [5, 5.41) is 8.07. The first-order chi connectivity index (χ1) is 25.7. The Hall–Kier alpha value is -6.70. The summed E-state index contributed by atoms with van der Waals surface area (Å²) in [4.78, 5) is 42.2. The van der Waals surface area contributed by atoms with Gasteiger partial charge >= 0.3 is 0 Å². The van der Waals surface area contributed by atoms with Crippen molar-refractivity contribution in [3.05, 3.63) is 113 Å². The van der Waals surface area contributed by atoms with Crippen LogP contribution >= 0.6 is 0 Å². The molecule has 0 aliphatic carbocycles. The second-order valence-electron chi connectivity index (χ2n) is 11.9. The van der Waals surface area contributed by atoms with Crippen molar-refractivity contribution in [2.45, 2.75) is 33.5 Å². The molecule has 2 amide bonds. The average Bonchev–Trinajstić information content (AvgIpc) is 3.62. The maximum absolute atomic E-state index is 14.2. The Labute approximate surface area is 306 Å². The highest BCUT2D eigenvalue weighted by Gasteiger charge is 2.23. The van der Waals surface area contributed by atoms with Crippen molar-refractivity contribution in [3.8, 4) is 34.6 Å². The third-order valence-corrected chi connectivity index (χ3v) is 8.43. The summed E-state index contributed by atoms with van der Waals surface area (Å²) in [6.07, 6.45) is 6.23. The van der Waals surface area contributed by atoms with Crippen molar-refractivity contribution in [1.29, 1.82) is 0 Å². The Balaban J connectivity index is 1.28. The van der Waals surface area contributed by atoms with Gasteiger partial charge in [-0.05, 0) is 61.9 Å². The number of anilines is 1. The van der Waals surface area contributed by atoms with Crippen LogP contribution in [0.1, 0.15) is 44.5 Å².